The maximum Gasteiger partial charge on any atom is 1.00 e. The van der Waals surface area contributed by atoms with E-state index in [0.29, 0.717) is 33.2 Å². The Kier molecular flexibility index (Phi) is 10.7. The minimum absolute atomic E-state index is 0. The summed E-state index contributed by atoms with van der Waals surface area (Å²) in [6.07, 6.45) is 1.13. The first-order valence-electron chi connectivity index (χ1n) is 8.18. The summed E-state index contributed by atoms with van der Waals surface area (Å²) in [6, 6.07) is 8.30. The molecule has 2 atom stereocenters. The molecule has 0 saturated heterocycles. The first-order valence-corrected chi connectivity index (χ1v) is 12.7. The minimum Gasteiger partial charge on any atom is -0.871 e. The molecule has 1 heterocycles. The standard InChI is InChI=1S/C20H10I4O5.2Na/c21-11-5-9-13(7-3-1-2-4-8(7)20(27)28)10-6-12(22)17(26)15(24)19(10)29-18(9)14(23)16(11)25;;/h1-6,14,18,26H,(H,27,28);;/q;2*+1/p-2. The van der Waals surface area contributed by atoms with Gasteiger partial charge in [0.2, 0.25) is 0 Å². The Bertz CT molecular complexity index is 1160. The number of ether oxygens (including phenoxy) is 1. The number of alkyl halides is 1. The zero-order valence-corrected chi connectivity index (χ0v) is 28.8. The van der Waals surface area contributed by atoms with Crippen LogP contribution in [0.4, 0.5) is 0 Å². The second kappa shape index (κ2) is 11.5. The number of allylic oxidation sites excluding steroid dienone is 1. The number of carbonyl (C=O) groups is 2. The molecule has 5 nitrogen and oxygen atoms in total. The van der Waals surface area contributed by atoms with E-state index in [1.165, 1.54) is 6.07 Å². The molecule has 31 heavy (non-hydrogen) atoms. The van der Waals surface area contributed by atoms with Crippen molar-refractivity contribution in [2.75, 3.05) is 0 Å². The molecule has 2 unspecified atom stereocenters. The molecule has 1 aliphatic carbocycles. The molecule has 148 valence electrons. The van der Waals surface area contributed by atoms with Crippen LogP contribution < -0.4 is 74.1 Å². The predicted molar refractivity (Wildman–Crippen MR) is 137 cm³/mol. The van der Waals surface area contributed by atoms with Gasteiger partial charge < -0.3 is 19.7 Å². The fourth-order valence-electron chi connectivity index (χ4n) is 3.40. The van der Waals surface area contributed by atoms with Gasteiger partial charge in [-0.2, -0.15) is 0 Å². The molecule has 2 aromatic carbocycles. The van der Waals surface area contributed by atoms with Crippen LogP contribution in [0, 0.1) is 7.14 Å². The molecular weight excluding hydrogens is 874 g/mol. The van der Waals surface area contributed by atoms with Gasteiger partial charge in [-0.25, -0.2) is 0 Å². The van der Waals surface area contributed by atoms with Crippen LogP contribution in [0.1, 0.15) is 21.5 Å². The van der Waals surface area contributed by atoms with Gasteiger partial charge in [-0.05, 0) is 85.5 Å². The number of hydrogen-bond donors (Lipinski definition) is 0. The number of halogens is 4. The van der Waals surface area contributed by atoms with Crippen LogP contribution >= 0.6 is 90.4 Å². The monoisotopic (exact) mass is 882 g/mol. The summed E-state index contributed by atoms with van der Waals surface area (Å²) in [7, 11) is 0. The number of carbonyl (C=O) groups excluding carboxylic acids is 2. The quantitative estimate of drug-likeness (QED) is 0.191. The zero-order valence-electron chi connectivity index (χ0n) is 16.2. The third-order valence-electron chi connectivity index (χ3n) is 4.69. The van der Waals surface area contributed by atoms with E-state index < -0.39 is 16.0 Å². The maximum atomic E-state index is 12.6. The van der Waals surface area contributed by atoms with Crippen molar-refractivity contribution in [3.63, 3.8) is 0 Å². The Hall–Kier alpha value is 1.58. The van der Waals surface area contributed by atoms with Gasteiger partial charge in [0.05, 0.1) is 9.55 Å². The molecule has 0 N–H and O–H groups in total. The number of hydrogen-bond acceptors (Lipinski definition) is 5. The molecule has 0 saturated carbocycles. The van der Waals surface area contributed by atoms with E-state index in [-0.39, 0.29) is 76.2 Å². The number of aromatic carboxylic acids is 1. The van der Waals surface area contributed by atoms with Crippen molar-refractivity contribution in [3.8, 4) is 11.5 Å². The van der Waals surface area contributed by atoms with Gasteiger partial charge in [0.15, 0.2) is 5.78 Å². The third-order valence-corrected chi connectivity index (χ3v) is 8.53. The van der Waals surface area contributed by atoms with Crippen molar-refractivity contribution >= 4 is 108 Å². The second-order valence-corrected chi connectivity index (χ2v) is 11.1. The Morgan fingerprint density at radius 3 is 2.35 bits per heavy atom. The number of rotatable bonds is 2. The summed E-state index contributed by atoms with van der Waals surface area (Å²) in [6.45, 7) is 0. The first-order chi connectivity index (χ1) is 13.7. The first kappa shape index (κ1) is 28.8. The van der Waals surface area contributed by atoms with E-state index in [9.17, 15) is 19.8 Å². The molecule has 0 fully saturated rings. The van der Waals surface area contributed by atoms with Crippen molar-refractivity contribution in [1.82, 2.24) is 0 Å². The topological polar surface area (TPSA) is 89.5 Å². The summed E-state index contributed by atoms with van der Waals surface area (Å²) in [5.41, 5.74) is 2.52. The summed E-state index contributed by atoms with van der Waals surface area (Å²) in [5.74, 6) is -1.12. The number of carboxylic acids is 1. The van der Waals surface area contributed by atoms with Gasteiger partial charge in [0, 0.05) is 29.4 Å². The molecule has 0 amide bonds. The van der Waals surface area contributed by atoms with Crippen molar-refractivity contribution < 1.29 is 83.7 Å². The molecular formula is C20H8I4Na2O5. The van der Waals surface area contributed by atoms with Crippen LogP contribution in [-0.4, -0.2) is 21.8 Å². The van der Waals surface area contributed by atoms with Gasteiger partial charge in [-0.15, -0.1) is 0 Å². The van der Waals surface area contributed by atoms with Crippen LogP contribution in [0.5, 0.6) is 11.5 Å². The van der Waals surface area contributed by atoms with Gasteiger partial charge in [-0.3, -0.25) is 4.79 Å². The van der Waals surface area contributed by atoms with Crippen molar-refractivity contribution in [1.29, 1.82) is 0 Å². The van der Waals surface area contributed by atoms with E-state index in [4.69, 9.17) is 4.74 Å². The van der Waals surface area contributed by atoms with Crippen LogP contribution in [0.25, 0.3) is 5.57 Å². The maximum absolute atomic E-state index is 12.6. The molecule has 0 radical (unpaired) electrons. The van der Waals surface area contributed by atoms with Crippen molar-refractivity contribution in [2.24, 2.45) is 0 Å². The van der Waals surface area contributed by atoms with E-state index in [1.807, 2.05) is 90.4 Å². The Morgan fingerprint density at radius 1 is 1.06 bits per heavy atom. The SMILES string of the molecule is O=C([O-])c1ccccc1C1=C2C=C(I)C(=O)C(I)C2Oc2c1cc(I)c([O-])c2I.[Na+].[Na+]. The normalized spacial score (nSPS) is 19.2. The van der Waals surface area contributed by atoms with Gasteiger partial charge >= 0.3 is 59.1 Å². The smallest absolute Gasteiger partial charge is 0.871 e. The zero-order chi connectivity index (χ0) is 21.0. The Balaban J connectivity index is 0.00000171. The number of Topliss-reactive ketones (excluding diaryl/α,β-unsaturated/α-hetero) is 1. The van der Waals surface area contributed by atoms with E-state index >= 15 is 0 Å². The average molecular weight is 882 g/mol. The number of carboxylic acid groups (broad SMARTS) is 1. The predicted octanol–water partition coefficient (Wildman–Crippen LogP) is -2.39. The molecule has 4 rings (SSSR count). The molecule has 1 aliphatic heterocycles. The third kappa shape index (κ3) is 5.25. The Labute approximate surface area is 277 Å². The van der Waals surface area contributed by atoms with Crippen LogP contribution in [-0.2, 0) is 4.79 Å². The summed E-state index contributed by atoms with van der Waals surface area (Å²) < 4.78 is 7.15. The molecule has 0 spiro atoms. The molecule has 0 bridgehead atoms. The number of benzene rings is 2. The number of ketones is 1. The average Bonchev–Trinajstić information content (AvgIpc) is 2.69. The van der Waals surface area contributed by atoms with Gasteiger partial charge in [0.1, 0.15) is 15.8 Å². The van der Waals surface area contributed by atoms with Crippen LogP contribution in [0.15, 0.2) is 45.6 Å². The van der Waals surface area contributed by atoms with Crippen LogP contribution in [0.2, 0.25) is 0 Å². The van der Waals surface area contributed by atoms with E-state index in [1.54, 1.807) is 30.3 Å². The second-order valence-electron chi connectivity index (χ2n) is 6.34. The van der Waals surface area contributed by atoms with Gasteiger partial charge in [0.25, 0.3) is 0 Å². The molecule has 11 heteroatoms. The van der Waals surface area contributed by atoms with Gasteiger partial charge in [-0.1, -0.05) is 52.6 Å². The van der Waals surface area contributed by atoms with Crippen molar-refractivity contribution in [3.05, 3.63) is 69.4 Å². The fourth-order valence-corrected chi connectivity index (χ4v) is 7.34. The molecule has 0 aromatic heterocycles. The number of fused-ring (bicyclic) bond motifs is 2. The summed E-state index contributed by atoms with van der Waals surface area (Å²) in [4.78, 5) is 24.4. The molecule has 2 aromatic rings. The van der Waals surface area contributed by atoms with E-state index in [2.05, 4.69) is 0 Å². The Morgan fingerprint density at radius 2 is 1.71 bits per heavy atom. The van der Waals surface area contributed by atoms with Crippen molar-refractivity contribution in [2.45, 2.75) is 10.0 Å². The fraction of sp³-hybridized carbons (Fsp3) is 0.100. The van der Waals surface area contributed by atoms with Crippen LogP contribution in [0.3, 0.4) is 0 Å². The summed E-state index contributed by atoms with van der Waals surface area (Å²) >= 11 is 7.95. The minimum atomic E-state index is -1.29. The van der Waals surface area contributed by atoms with E-state index in [0.717, 1.165) is 5.57 Å². The summed E-state index contributed by atoms with van der Waals surface area (Å²) in [5, 5.41) is 24.3. The largest absolute Gasteiger partial charge is 1.00 e. The molecule has 2 aliphatic rings.